The van der Waals surface area contributed by atoms with Crippen molar-refractivity contribution in [3.8, 4) is 5.75 Å². The molecule has 6 atom stereocenters. The number of nitrogens with one attached hydrogen (secondary N) is 1. The van der Waals surface area contributed by atoms with Crippen LogP contribution in [0.3, 0.4) is 0 Å². The summed E-state index contributed by atoms with van der Waals surface area (Å²) in [6, 6.07) is 2.52. The third kappa shape index (κ3) is 2.80. The summed E-state index contributed by atoms with van der Waals surface area (Å²) in [6.07, 6.45) is 3.39. The van der Waals surface area contributed by atoms with Crippen LogP contribution in [-0.2, 0) is 21.4 Å². The molecule has 0 aromatic heterocycles. The first-order valence-electron chi connectivity index (χ1n) is 11.1. The zero-order chi connectivity index (χ0) is 23.0. The number of carboxylic acids is 2. The number of aliphatic carboxylic acids is 2. The van der Waals surface area contributed by atoms with Crippen LogP contribution >= 0.6 is 0 Å². The molecule has 3 fully saturated rings. The monoisotopic (exact) mass is 443 g/mol. The van der Waals surface area contributed by atoms with Crippen LogP contribution < -0.4 is 11.1 Å². The fourth-order valence-electron chi connectivity index (χ4n) is 7.91. The van der Waals surface area contributed by atoms with Gasteiger partial charge in [-0.15, -0.1) is 0 Å². The second-order valence-electron chi connectivity index (χ2n) is 10.3. The van der Waals surface area contributed by atoms with Crippen molar-refractivity contribution in [2.24, 2.45) is 17.1 Å². The van der Waals surface area contributed by atoms with E-state index in [9.17, 15) is 24.6 Å². The highest BCUT2D eigenvalue weighted by Gasteiger charge is 2.71. The molecule has 1 saturated heterocycles. The van der Waals surface area contributed by atoms with Gasteiger partial charge in [0.05, 0.1) is 12.0 Å². The molecule has 1 aromatic carbocycles. The van der Waals surface area contributed by atoms with Crippen LogP contribution in [0.25, 0.3) is 0 Å². The Labute approximate surface area is 185 Å². The van der Waals surface area contributed by atoms with Crippen molar-refractivity contribution in [1.29, 1.82) is 0 Å². The van der Waals surface area contributed by atoms with Gasteiger partial charge >= 0.3 is 11.9 Å². The second-order valence-corrected chi connectivity index (χ2v) is 10.3. The Bertz CT molecular complexity index is 1030. The Kier molecular flexibility index (Phi) is 4.59. The van der Waals surface area contributed by atoms with E-state index >= 15 is 0 Å². The molecule has 32 heavy (non-hydrogen) atoms. The number of hydrogen-bond acceptors (Lipinski definition) is 6. The molecule has 1 aromatic rings. The Morgan fingerprint density at radius 1 is 1.28 bits per heavy atom. The van der Waals surface area contributed by atoms with Gasteiger partial charge in [-0.3, -0.25) is 14.4 Å². The molecule has 1 amide bonds. The van der Waals surface area contributed by atoms with Crippen molar-refractivity contribution < 1.29 is 29.7 Å². The molecule has 2 bridgehead atoms. The molecule has 2 unspecified atom stereocenters. The van der Waals surface area contributed by atoms with Gasteiger partial charge in [0, 0.05) is 35.0 Å². The maximum atomic E-state index is 12.0. The highest BCUT2D eigenvalue weighted by atomic mass is 16.4. The largest absolute Gasteiger partial charge is 0.507 e. The highest BCUT2D eigenvalue weighted by Crippen LogP contribution is 2.70. The highest BCUT2D eigenvalue weighted by molar-refractivity contribution is 5.96. The number of nitrogens with two attached hydrogens (primary N) is 1. The smallest absolute Gasteiger partial charge is 0.321 e. The second kappa shape index (κ2) is 6.92. The van der Waals surface area contributed by atoms with Crippen molar-refractivity contribution >= 4 is 17.8 Å². The van der Waals surface area contributed by atoms with Gasteiger partial charge in [0.2, 0.25) is 0 Å². The fourth-order valence-corrected chi connectivity index (χ4v) is 7.91. The Balaban J connectivity index is 1.56. The Morgan fingerprint density at radius 3 is 2.66 bits per heavy atom. The number of fused-ring (bicyclic) bond motifs is 2. The van der Waals surface area contributed by atoms with E-state index in [4.69, 9.17) is 10.8 Å². The van der Waals surface area contributed by atoms with Crippen LogP contribution in [0.5, 0.6) is 5.75 Å². The lowest BCUT2D eigenvalue weighted by molar-refractivity contribution is -0.146. The molecular weight excluding hydrogens is 414 g/mol. The first-order valence-corrected chi connectivity index (χ1v) is 11.1. The van der Waals surface area contributed by atoms with Crippen molar-refractivity contribution in [2.45, 2.75) is 62.1 Å². The van der Waals surface area contributed by atoms with Crippen molar-refractivity contribution in [2.75, 3.05) is 13.6 Å². The molecule has 5 rings (SSSR count). The van der Waals surface area contributed by atoms with Crippen molar-refractivity contribution in [1.82, 2.24) is 10.2 Å². The topological polar surface area (TPSA) is 153 Å². The number of primary amides is 1. The SMILES string of the molecule is CN1CC23Cc4ccc(C(N)=O)c(O)c4[C@]4(C[C@H](NC(CC(=O)O)C(=O)O)CC[C@H]4[C@H]12)C3. The van der Waals surface area contributed by atoms with Crippen molar-refractivity contribution in [3.05, 3.63) is 28.8 Å². The molecule has 6 N–H and O–H groups in total. The maximum absolute atomic E-state index is 12.0. The number of nitrogens with zero attached hydrogens (tertiary/aromatic N) is 1. The number of carboxylic acid groups (broad SMARTS) is 2. The number of carbonyl (C=O) groups is 3. The number of likely N-dealkylation sites (tertiary alicyclic amines) is 1. The van der Waals surface area contributed by atoms with Gasteiger partial charge in [-0.05, 0) is 56.7 Å². The molecule has 0 radical (unpaired) electrons. The molecule has 2 saturated carbocycles. The first kappa shape index (κ1) is 21.2. The minimum absolute atomic E-state index is 0.0419. The standard InChI is InChI=1S/C23H29N3O6/c1-26-10-22-7-11-2-4-13(20(24)30)18(29)17(11)23(9-22)8-12(3-5-14(23)19(22)26)25-15(21(31)32)6-16(27)28/h2,4,12,14-15,19,25,29H,3,5-10H2,1H3,(H2,24,30)(H,27,28)(H,31,32)/t12-,14+,15?,19+,22?,23-/m1/s1. The van der Waals surface area contributed by atoms with E-state index in [1.54, 1.807) is 6.07 Å². The molecule has 172 valence electrons. The predicted molar refractivity (Wildman–Crippen MR) is 113 cm³/mol. The Morgan fingerprint density at radius 2 is 2.03 bits per heavy atom. The van der Waals surface area contributed by atoms with Gasteiger partial charge in [0.15, 0.2) is 0 Å². The third-order valence-electron chi connectivity index (χ3n) is 8.55. The van der Waals surface area contributed by atoms with Crippen LogP contribution in [0.2, 0.25) is 0 Å². The third-order valence-corrected chi connectivity index (χ3v) is 8.55. The van der Waals surface area contributed by atoms with Crippen LogP contribution in [0, 0.1) is 11.3 Å². The van der Waals surface area contributed by atoms with E-state index in [0.29, 0.717) is 12.5 Å². The molecule has 1 heterocycles. The maximum Gasteiger partial charge on any atom is 0.321 e. The summed E-state index contributed by atoms with van der Waals surface area (Å²) in [4.78, 5) is 37.2. The van der Waals surface area contributed by atoms with Gasteiger partial charge in [-0.2, -0.15) is 0 Å². The lowest BCUT2D eigenvalue weighted by atomic mass is 9.58. The van der Waals surface area contributed by atoms with E-state index in [1.165, 1.54) is 0 Å². The summed E-state index contributed by atoms with van der Waals surface area (Å²) < 4.78 is 0. The summed E-state index contributed by atoms with van der Waals surface area (Å²) in [6.45, 7) is 0.975. The average Bonchev–Trinajstić information content (AvgIpc) is 2.86. The average molecular weight is 444 g/mol. The van der Waals surface area contributed by atoms with Crippen LogP contribution in [0.1, 0.15) is 53.6 Å². The lowest BCUT2D eigenvalue weighted by Gasteiger charge is -2.55. The number of phenols is 1. The number of carbonyl (C=O) groups excluding carboxylic acids is 1. The molecule has 9 heteroatoms. The van der Waals surface area contributed by atoms with Crippen LogP contribution in [0.15, 0.2) is 12.1 Å². The van der Waals surface area contributed by atoms with E-state index in [0.717, 1.165) is 43.4 Å². The van der Waals surface area contributed by atoms with Crippen LogP contribution in [-0.4, -0.2) is 69.8 Å². The minimum atomic E-state index is -1.18. The van der Waals surface area contributed by atoms with Gasteiger partial charge in [0.25, 0.3) is 5.91 Å². The molecule has 3 aliphatic carbocycles. The number of benzene rings is 1. The number of hydrogen-bond donors (Lipinski definition) is 5. The summed E-state index contributed by atoms with van der Waals surface area (Å²) >= 11 is 0. The predicted octanol–water partition coefficient (Wildman–Crippen LogP) is 0.675. The molecule has 4 aliphatic rings. The number of amides is 1. The molecule has 1 aliphatic heterocycles. The van der Waals surface area contributed by atoms with E-state index < -0.39 is 35.7 Å². The van der Waals surface area contributed by atoms with E-state index in [-0.39, 0.29) is 28.7 Å². The zero-order valence-corrected chi connectivity index (χ0v) is 18.0. The summed E-state index contributed by atoms with van der Waals surface area (Å²) in [7, 11) is 2.13. The fraction of sp³-hybridized carbons (Fsp3) is 0.609. The van der Waals surface area contributed by atoms with Crippen molar-refractivity contribution in [3.63, 3.8) is 0 Å². The zero-order valence-electron chi connectivity index (χ0n) is 18.0. The number of aromatic hydroxyl groups is 1. The molecule has 2 spiro atoms. The first-order chi connectivity index (χ1) is 15.1. The lowest BCUT2D eigenvalue weighted by Crippen LogP contribution is -2.63. The molecule has 9 nitrogen and oxygen atoms in total. The van der Waals surface area contributed by atoms with E-state index in [2.05, 4.69) is 17.3 Å². The van der Waals surface area contributed by atoms with Crippen LogP contribution in [0.4, 0.5) is 0 Å². The quantitative estimate of drug-likeness (QED) is 0.430. The minimum Gasteiger partial charge on any atom is -0.507 e. The molecular formula is C23H29N3O6. The van der Waals surface area contributed by atoms with E-state index in [1.807, 2.05) is 6.07 Å². The number of rotatable bonds is 6. The Hall–Kier alpha value is -2.65. The van der Waals surface area contributed by atoms with Gasteiger partial charge < -0.3 is 31.3 Å². The summed E-state index contributed by atoms with van der Waals surface area (Å²) in [5.41, 5.74) is 7.20. The summed E-state index contributed by atoms with van der Waals surface area (Å²) in [5, 5.41) is 32.9. The summed E-state index contributed by atoms with van der Waals surface area (Å²) in [5.74, 6) is -2.78. The normalized spacial score (nSPS) is 35.7. The van der Waals surface area contributed by atoms with Gasteiger partial charge in [-0.25, -0.2) is 0 Å². The van der Waals surface area contributed by atoms with Gasteiger partial charge in [-0.1, -0.05) is 6.07 Å². The van der Waals surface area contributed by atoms with Gasteiger partial charge in [0.1, 0.15) is 11.8 Å².